The van der Waals surface area contributed by atoms with Gasteiger partial charge in [-0.05, 0) is 69.0 Å². The second-order valence-corrected chi connectivity index (χ2v) is 8.36. The summed E-state index contributed by atoms with van der Waals surface area (Å²) in [6, 6.07) is 9.63. The summed E-state index contributed by atoms with van der Waals surface area (Å²) in [4.78, 5) is 25.3. The van der Waals surface area contributed by atoms with Crippen molar-refractivity contribution in [3.63, 3.8) is 0 Å². The Morgan fingerprint density at radius 2 is 1.82 bits per heavy atom. The summed E-state index contributed by atoms with van der Waals surface area (Å²) in [6.07, 6.45) is 2.02. The van der Waals surface area contributed by atoms with Gasteiger partial charge in [-0.15, -0.1) is 0 Å². The molecule has 8 heteroatoms. The van der Waals surface area contributed by atoms with Crippen molar-refractivity contribution in [1.82, 2.24) is 5.43 Å². The lowest BCUT2D eigenvalue weighted by atomic mass is 9.93. The van der Waals surface area contributed by atoms with Crippen LogP contribution in [0.2, 0.25) is 5.02 Å². The summed E-state index contributed by atoms with van der Waals surface area (Å²) in [5, 5.41) is 14.8. The Kier molecular flexibility index (Phi) is 6.24. The molecule has 1 aromatic heterocycles. The fraction of sp³-hybridized carbons (Fsp3) is 0.240. The number of rotatable bonds is 4. The molecular formula is C25H23ClN2O5. The van der Waals surface area contributed by atoms with E-state index < -0.39 is 11.9 Å². The van der Waals surface area contributed by atoms with E-state index in [0.29, 0.717) is 46.2 Å². The zero-order chi connectivity index (χ0) is 23.7. The number of carbonyl (C=O) groups is 2. The van der Waals surface area contributed by atoms with E-state index in [0.717, 1.165) is 17.5 Å². The number of hydrogen-bond donors (Lipinski definition) is 2. The number of esters is 1. The number of ether oxygens (including phenoxy) is 1. The maximum absolute atomic E-state index is 12.9. The summed E-state index contributed by atoms with van der Waals surface area (Å²) >= 11 is 6.20. The predicted molar refractivity (Wildman–Crippen MR) is 124 cm³/mol. The maximum Gasteiger partial charge on any atom is 0.379 e. The standard InChI is InChI=1S/C25H23ClN2O5/c1-13-11-16(12-14(2)22(13)26)32-25(31)23-15(3)21-18(8-6-10-20(21)33-23)27-28-24(30)17-7-4-5-9-19(17)29/h4-5,7,9,11-12,29H,6,8,10H2,1-3H3,(H,28,30)/b27-18+. The van der Waals surface area contributed by atoms with E-state index in [2.05, 4.69) is 10.5 Å². The summed E-state index contributed by atoms with van der Waals surface area (Å²) in [5.74, 6) is -0.145. The zero-order valence-corrected chi connectivity index (χ0v) is 19.2. The number of nitrogens with one attached hydrogen (secondary N) is 1. The van der Waals surface area contributed by atoms with Crippen LogP contribution in [-0.4, -0.2) is 22.7 Å². The quantitative estimate of drug-likeness (QED) is 0.310. The van der Waals surface area contributed by atoms with E-state index in [1.807, 2.05) is 13.8 Å². The molecule has 1 aliphatic carbocycles. The SMILES string of the molecule is Cc1cc(OC(=O)c2oc3c(c2C)/C(=N/NC(=O)c2ccccc2O)CCC3)cc(C)c1Cl. The normalized spacial score (nSPS) is 14.1. The smallest absolute Gasteiger partial charge is 0.379 e. The molecule has 7 nitrogen and oxygen atoms in total. The van der Waals surface area contributed by atoms with Crippen molar-refractivity contribution >= 4 is 29.2 Å². The first-order valence-electron chi connectivity index (χ1n) is 10.5. The fourth-order valence-electron chi connectivity index (χ4n) is 3.94. The molecule has 170 valence electrons. The third kappa shape index (κ3) is 4.50. The van der Waals surface area contributed by atoms with Crippen LogP contribution in [0.25, 0.3) is 0 Å². The fourth-order valence-corrected chi connectivity index (χ4v) is 4.05. The number of phenolic OH excluding ortho intramolecular Hbond substituents is 1. The first-order chi connectivity index (χ1) is 15.8. The van der Waals surface area contributed by atoms with E-state index in [4.69, 9.17) is 20.8 Å². The Balaban J connectivity index is 1.58. The molecule has 0 bridgehead atoms. The number of fused-ring (bicyclic) bond motifs is 1. The highest BCUT2D eigenvalue weighted by atomic mass is 35.5. The van der Waals surface area contributed by atoms with Gasteiger partial charge >= 0.3 is 5.97 Å². The second-order valence-electron chi connectivity index (χ2n) is 7.99. The molecule has 0 spiro atoms. The molecule has 0 saturated heterocycles. The third-order valence-corrected chi connectivity index (χ3v) is 6.17. The summed E-state index contributed by atoms with van der Waals surface area (Å²) in [7, 11) is 0. The van der Waals surface area contributed by atoms with E-state index >= 15 is 0 Å². The van der Waals surface area contributed by atoms with Gasteiger partial charge in [-0.2, -0.15) is 5.10 Å². The molecule has 0 unspecified atom stereocenters. The van der Waals surface area contributed by atoms with E-state index in [9.17, 15) is 14.7 Å². The molecule has 33 heavy (non-hydrogen) atoms. The molecule has 1 heterocycles. The van der Waals surface area contributed by atoms with Gasteiger partial charge in [0.05, 0.1) is 11.3 Å². The van der Waals surface area contributed by atoms with Crippen molar-refractivity contribution < 1.29 is 23.8 Å². The first kappa shape index (κ1) is 22.6. The van der Waals surface area contributed by atoms with E-state index in [1.165, 1.54) is 12.1 Å². The monoisotopic (exact) mass is 466 g/mol. The highest BCUT2D eigenvalue weighted by molar-refractivity contribution is 6.32. The Bertz CT molecular complexity index is 1270. The highest BCUT2D eigenvalue weighted by Crippen LogP contribution is 2.32. The Labute approximate surface area is 196 Å². The van der Waals surface area contributed by atoms with Gasteiger partial charge in [0.2, 0.25) is 5.76 Å². The van der Waals surface area contributed by atoms with Gasteiger partial charge in [0, 0.05) is 22.6 Å². The maximum atomic E-state index is 12.9. The molecule has 3 aromatic rings. The lowest BCUT2D eigenvalue weighted by Gasteiger charge is -2.13. The summed E-state index contributed by atoms with van der Waals surface area (Å²) < 4.78 is 11.4. The molecule has 0 saturated carbocycles. The minimum absolute atomic E-state index is 0.104. The lowest BCUT2D eigenvalue weighted by Crippen LogP contribution is -2.22. The number of carbonyl (C=O) groups excluding carboxylic acids is 2. The number of aromatic hydroxyl groups is 1. The van der Waals surface area contributed by atoms with Crippen LogP contribution in [0.3, 0.4) is 0 Å². The van der Waals surface area contributed by atoms with Crippen LogP contribution in [0.1, 0.15) is 61.8 Å². The van der Waals surface area contributed by atoms with Gasteiger partial charge in [0.15, 0.2) is 0 Å². The van der Waals surface area contributed by atoms with Crippen LogP contribution < -0.4 is 10.2 Å². The van der Waals surface area contributed by atoms with Gasteiger partial charge in [0.1, 0.15) is 17.3 Å². The molecule has 0 radical (unpaired) electrons. The third-order valence-electron chi connectivity index (χ3n) is 5.57. The molecule has 2 aromatic carbocycles. The highest BCUT2D eigenvalue weighted by Gasteiger charge is 2.29. The summed E-state index contributed by atoms with van der Waals surface area (Å²) in [6.45, 7) is 5.45. The average Bonchev–Trinajstić information content (AvgIpc) is 3.13. The van der Waals surface area contributed by atoms with E-state index in [-0.39, 0.29) is 17.1 Å². The second kappa shape index (κ2) is 9.11. The molecule has 4 rings (SSSR count). The average molecular weight is 467 g/mol. The minimum Gasteiger partial charge on any atom is -0.507 e. The predicted octanol–water partition coefficient (Wildman–Crippen LogP) is 5.25. The molecule has 0 fully saturated rings. The topological polar surface area (TPSA) is 101 Å². The van der Waals surface area contributed by atoms with Crippen molar-refractivity contribution in [3.05, 3.63) is 80.8 Å². The van der Waals surface area contributed by atoms with Gasteiger partial charge in [-0.1, -0.05) is 23.7 Å². The number of furan rings is 1. The van der Waals surface area contributed by atoms with Gasteiger partial charge in [-0.25, -0.2) is 10.2 Å². The number of halogens is 1. The molecule has 0 aliphatic heterocycles. The van der Waals surface area contributed by atoms with Crippen molar-refractivity contribution in [1.29, 1.82) is 0 Å². The van der Waals surface area contributed by atoms with Crippen LogP contribution in [0.5, 0.6) is 11.5 Å². The van der Waals surface area contributed by atoms with Gasteiger partial charge in [-0.3, -0.25) is 4.79 Å². The minimum atomic E-state index is -0.611. The molecule has 0 atom stereocenters. The van der Waals surface area contributed by atoms with E-state index in [1.54, 1.807) is 31.2 Å². The van der Waals surface area contributed by atoms with Crippen LogP contribution in [-0.2, 0) is 6.42 Å². The number of aryl methyl sites for hydroxylation is 3. The molecule has 2 N–H and O–H groups in total. The first-order valence-corrected chi connectivity index (χ1v) is 10.9. The Hall–Kier alpha value is -3.58. The zero-order valence-electron chi connectivity index (χ0n) is 18.5. The molecular weight excluding hydrogens is 444 g/mol. The Morgan fingerprint density at radius 1 is 1.12 bits per heavy atom. The van der Waals surface area contributed by atoms with Crippen LogP contribution in [0, 0.1) is 20.8 Å². The number of para-hydroxylation sites is 1. The number of benzene rings is 2. The van der Waals surface area contributed by atoms with Crippen molar-refractivity contribution in [2.75, 3.05) is 0 Å². The van der Waals surface area contributed by atoms with Crippen molar-refractivity contribution in [2.45, 2.75) is 40.0 Å². The van der Waals surface area contributed by atoms with Crippen molar-refractivity contribution in [3.8, 4) is 11.5 Å². The number of hydrogen-bond acceptors (Lipinski definition) is 6. The van der Waals surface area contributed by atoms with Gasteiger partial charge < -0.3 is 14.3 Å². The van der Waals surface area contributed by atoms with Crippen LogP contribution in [0.15, 0.2) is 45.9 Å². The molecule has 1 aliphatic rings. The summed E-state index contributed by atoms with van der Waals surface area (Å²) in [5.41, 5.74) is 6.15. The number of amides is 1. The number of nitrogens with zero attached hydrogens (tertiary/aromatic N) is 1. The van der Waals surface area contributed by atoms with Crippen LogP contribution in [0.4, 0.5) is 0 Å². The molecule has 1 amide bonds. The Morgan fingerprint density at radius 3 is 2.52 bits per heavy atom. The van der Waals surface area contributed by atoms with Gasteiger partial charge in [0.25, 0.3) is 5.91 Å². The largest absolute Gasteiger partial charge is 0.507 e. The van der Waals surface area contributed by atoms with Crippen molar-refractivity contribution in [2.24, 2.45) is 5.10 Å². The number of phenols is 1. The lowest BCUT2D eigenvalue weighted by molar-refractivity contribution is 0.0698. The number of hydrazone groups is 1. The van der Waals surface area contributed by atoms with Crippen LogP contribution >= 0.6 is 11.6 Å².